The van der Waals surface area contributed by atoms with E-state index in [1.807, 2.05) is 0 Å². The Morgan fingerprint density at radius 2 is 2.38 bits per heavy atom. The van der Waals surface area contributed by atoms with Gasteiger partial charge in [0, 0.05) is 11.8 Å². The van der Waals surface area contributed by atoms with Gasteiger partial charge in [-0.05, 0) is 13.0 Å². The van der Waals surface area contributed by atoms with Gasteiger partial charge in [0.1, 0.15) is 11.4 Å². The van der Waals surface area contributed by atoms with Crippen LogP contribution in [0.4, 0.5) is 4.39 Å². The second kappa shape index (κ2) is 3.10. The van der Waals surface area contributed by atoms with Gasteiger partial charge in [0.15, 0.2) is 0 Å². The van der Waals surface area contributed by atoms with Crippen molar-refractivity contribution >= 4 is 5.97 Å². The fourth-order valence-corrected chi connectivity index (χ4v) is 0.912. The lowest BCUT2D eigenvalue weighted by Gasteiger charge is -2.19. The summed E-state index contributed by atoms with van der Waals surface area (Å²) >= 11 is 0. The van der Waals surface area contributed by atoms with Gasteiger partial charge >= 0.3 is 5.97 Å². The largest absolute Gasteiger partial charge is 0.480 e. The molecule has 0 fully saturated rings. The molecule has 3 N–H and O–H groups in total. The Morgan fingerprint density at radius 1 is 1.77 bits per heavy atom. The van der Waals surface area contributed by atoms with Crippen LogP contribution in [0.2, 0.25) is 0 Å². The highest BCUT2D eigenvalue weighted by molar-refractivity contribution is 5.79. The highest BCUT2D eigenvalue weighted by atomic mass is 19.1. The first-order valence-electron chi connectivity index (χ1n) is 3.58. The van der Waals surface area contributed by atoms with E-state index in [-0.39, 0.29) is 5.56 Å². The number of rotatable bonds is 2. The number of carboxylic acids is 1. The average molecular weight is 184 g/mol. The van der Waals surface area contributed by atoms with Crippen molar-refractivity contribution in [2.24, 2.45) is 5.73 Å². The minimum atomic E-state index is -1.72. The van der Waals surface area contributed by atoms with Crippen LogP contribution in [0.25, 0.3) is 0 Å². The Bertz CT molecular complexity index is 339. The van der Waals surface area contributed by atoms with Gasteiger partial charge in [0.05, 0.1) is 6.20 Å². The number of carbonyl (C=O) groups is 1. The minimum Gasteiger partial charge on any atom is -0.480 e. The first-order chi connectivity index (χ1) is 5.96. The molecule has 5 heteroatoms. The van der Waals surface area contributed by atoms with Crippen molar-refractivity contribution in [3.05, 3.63) is 29.8 Å². The molecule has 1 rings (SSSR count). The number of pyridine rings is 1. The Labute approximate surface area is 74.2 Å². The summed E-state index contributed by atoms with van der Waals surface area (Å²) in [6, 6.07) is 1.25. The summed E-state index contributed by atoms with van der Waals surface area (Å²) in [7, 11) is 0. The molecule has 1 aromatic rings. The summed E-state index contributed by atoms with van der Waals surface area (Å²) in [5, 5.41) is 8.71. The lowest BCUT2D eigenvalue weighted by molar-refractivity contribution is -0.143. The zero-order chi connectivity index (χ0) is 10.1. The summed E-state index contributed by atoms with van der Waals surface area (Å²) < 4.78 is 13.0. The van der Waals surface area contributed by atoms with Crippen molar-refractivity contribution in [2.45, 2.75) is 12.5 Å². The molecule has 0 aliphatic rings. The monoisotopic (exact) mass is 184 g/mol. The van der Waals surface area contributed by atoms with Crippen LogP contribution in [0, 0.1) is 5.82 Å². The van der Waals surface area contributed by atoms with Crippen molar-refractivity contribution in [3.8, 4) is 0 Å². The number of hydrogen-bond donors (Lipinski definition) is 2. The smallest absolute Gasteiger partial charge is 0.328 e. The van der Waals surface area contributed by atoms with E-state index in [0.29, 0.717) is 0 Å². The molecular formula is C8H9FN2O2. The van der Waals surface area contributed by atoms with Crippen molar-refractivity contribution in [2.75, 3.05) is 0 Å². The van der Waals surface area contributed by atoms with Crippen molar-refractivity contribution < 1.29 is 14.3 Å². The normalized spacial score (nSPS) is 15.0. The molecule has 0 amide bonds. The SMILES string of the molecule is CC(N)(C(=O)O)c1ccncc1F. The molecule has 0 aliphatic carbocycles. The molecule has 1 aromatic heterocycles. The first-order valence-corrected chi connectivity index (χ1v) is 3.58. The summed E-state index contributed by atoms with van der Waals surface area (Å²) in [6.45, 7) is 1.23. The zero-order valence-corrected chi connectivity index (χ0v) is 6.99. The number of carboxylic acid groups (broad SMARTS) is 1. The number of nitrogens with zero attached hydrogens (tertiary/aromatic N) is 1. The molecule has 1 atom stereocenters. The number of hydrogen-bond acceptors (Lipinski definition) is 3. The maximum absolute atomic E-state index is 13.0. The zero-order valence-electron chi connectivity index (χ0n) is 6.99. The molecular weight excluding hydrogens is 175 g/mol. The Hall–Kier alpha value is -1.49. The van der Waals surface area contributed by atoms with E-state index in [4.69, 9.17) is 10.8 Å². The Balaban J connectivity index is 3.22. The number of halogens is 1. The van der Waals surface area contributed by atoms with E-state index in [9.17, 15) is 9.18 Å². The molecule has 0 saturated heterocycles. The van der Waals surface area contributed by atoms with E-state index < -0.39 is 17.3 Å². The van der Waals surface area contributed by atoms with Crippen molar-refractivity contribution in [1.29, 1.82) is 0 Å². The van der Waals surface area contributed by atoms with Crippen LogP contribution in [-0.4, -0.2) is 16.1 Å². The summed E-state index contributed by atoms with van der Waals surface area (Å²) in [6.07, 6.45) is 2.23. The van der Waals surface area contributed by atoms with Crippen molar-refractivity contribution in [3.63, 3.8) is 0 Å². The predicted molar refractivity (Wildman–Crippen MR) is 43.4 cm³/mol. The Kier molecular flexibility index (Phi) is 2.29. The number of aromatic nitrogens is 1. The van der Waals surface area contributed by atoms with E-state index in [1.54, 1.807) is 0 Å². The molecule has 1 heterocycles. The maximum atomic E-state index is 13.0. The van der Waals surface area contributed by atoms with Crippen molar-refractivity contribution in [1.82, 2.24) is 4.98 Å². The van der Waals surface area contributed by atoms with Crippen LogP contribution in [-0.2, 0) is 10.3 Å². The Morgan fingerprint density at radius 3 is 2.85 bits per heavy atom. The minimum absolute atomic E-state index is 0.0741. The van der Waals surface area contributed by atoms with Gasteiger partial charge in [-0.2, -0.15) is 0 Å². The fourth-order valence-electron chi connectivity index (χ4n) is 0.912. The van der Waals surface area contributed by atoms with Gasteiger partial charge in [0.2, 0.25) is 0 Å². The van der Waals surface area contributed by atoms with Crippen LogP contribution in [0.5, 0.6) is 0 Å². The van der Waals surface area contributed by atoms with Crippen LogP contribution < -0.4 is 5.73 Å². The number of aliphatic carboxylic acids is 1. The van der Waals surface area contributed by atoms with E-state index in [0.717, 1.165) is 6.20 Å². The second-order valence-electron chi connectivity index (χ2n) is 2.86. The van der Waals surface area contributed by atoms with Gasteiger partial charge in [-0.25, -0.2) is 9.18 Å². The standard InChI is InChI=1S/C8H9FN2O2/c1-8(10,7(12)13)5-2-3-11-4-6(5)9/h2-4H,10H2,1H3,(H,12,13). The van der Waals surface area contributed by atoms with Crippen LogP contribution in [0.1, 0.15) is 12.5 Å². The summed E-state index contributed by atoms with van der Waals surface area (Å²) in [4.78, 5) is 14.2. The molecule has 0 radical (unpaired) electrons. The first kappa shape index (κ1) is 9.60. The molecule has 4 nitrogen and oxygen atoms in total. The highest BCUT2D eigenvalue weighted by Crippen LogP contribution is 2.19. The van der Waals surface area contributed by atoms with E-state index in [1.165, 1.54) is 19.2 Å². The quantitative estimate of drug-likeness (QED) is 0.700. The maximum Gasteiger partial charge on any atom is 0.328 e. The topological polar surface area (TPSA) is 76.2 Å². The predicted octanol–water partition coefficient (Wildman–Crippen LogP) is 0.479. The molecule has 0 spiro atoms. The third-order valence-corrected chi connectivity index (χ3v) is 1.78. The molecule has 0 aliphatic heterocycles. The molecule has 13 heavy (non-hydrogen) atoms. The van der Waals surface area contributed by atoms with Gasteiger partial charge in [-0.3, -0.25) is 4.98 Å². The molecule has 0 saturated carbocycles. The second-order valence-corrected chi connectivity index (χ2v) is 2.86. The average Bonchev–Trinajstić information content (AvgIpc) is 2.04. The van der Waals surface area contributed by atoms with Gasteiger partial charge in [-0.15, -0.1) is 0 Å². The lowest BCUT2D eigenvalue weighted by atomic mass is 9.94. The van der Waals surface area contributed by atoms with Gasteiger partial charge < -0.3 is 10.8 Å². The lowest BCUT2D eigenvalue weighted by Crippen LogP contribution is -2.42. The fraction of sp³-hybridized carbons (Fsp3) is 0.250. The third kappa shape index (κ3) is 1.65. The molecule has 70 valence electrons. The molecule has 0 bridgehead atoms. The van der Waals surface area contributed by atoms with Gasteiger partial charge in [-0.1, -0.05) is 0 Å². The van der Waals surface area contributed by atoms with Gasteiger partial charge in [0.25, 0.3) is 0 Å². The molecule has 0 aromatic carbocycles. The summed E-state index contributed by atoms with van der Waals surface area (Å²) in [5.41, 5.74) is 3.63. The summed E-state index contributed by atoms with van der Waals surface area (Å²) in [5.74, 6) is -1.99. The van der Waals surface area contributed by atoms with E-state index >= 15 is 0 Å². The highest BCUT2D eigenvalue weighted by Gasteiger charge is 2.32. The van der Waals surface area contributed by atoms with E-state index in [2.05, 4.69) is 4.98 Å². The van der Waals surface area contributed by atoms with Crippen LogP contribution in [0.15, 0.2) is 18.5 Å². The van der Waals surface area contributed by atoms with Crippen LogP contribution in [0.3, 0.4) is 0 Å². The third-order valence-electron chi connectivity index (χ3n) is 1.78. The number of nitrogens with two attached hydrogens (primary N) is 1. The van der Waals surface area contributed by atoms with Crippen LogP contribution >= 0.6 is 0 Å². The molecule has 1 unspecified atom stereocenters.